The van der Waals surface area contributed by atoms with Gasteiger partial charge in [-0.25, -0.2) is 0 Å². The van der Waals surface area contributed by atoms with Crippen molar-refractivity contribution in [3.63, 3.8) is 0 Å². The SMILES string of the molecule is O=[P+](O)OCc1ccccc1O.[Ca+2].[H-].[H-]. The van der Waals surface area contributed by atoms with Crippen LogP contribution in [-0.2, 0) is 15.7 Å². The van der Waals surface area contributed by atoms with E-state index in [0.717, 1.165) is 0 Å². The minimum absolute atomic E-state index is 0. The Morgan fingerprint density at radius 3 is 2.62 bits per heavy atom. The Morgan fingerprint density at radius 2 is 2.08 bits per heavy atom. The van der Waals surface area contributed by atoms with Crippen LogP contribution in [0.1, 0.15) is 8.42 Å². The summed E-state index contributed by atoms with van der Waals surface area (Å²) in [6.45, 7) is -0.0572. The smallest absolute Gasteiger partial charge is 1.00 e. The van der Waals surface area contributed by atoms with E-state index in [2.05, 4.69) is 4.52 Å². The van der Waals surface area contributed by atoms with Gasteiger partial charge in [0, 0.05) is 10.1 Å². The normalized spacial score (nSPS) is 10.4. The molecule has 0 amide bonds. The summed E-state index contributed by atoms with van der Waals surface area (Å²) in [5, 5.41) is 9.17. The molecule has 13 heavy (non-hydrogen) atoms. The quantitative estimate of drug-likeness (QED) is 0.607. The minimum atomic E-state index is -2.60. The summed E-state index contributed by atoms with van der Waals surface area (Å²) in [7, 11) is -2.60. The van der Waals surface area contributed by atoms with Crippen molar-refractivity contribution >= 4 is 46.0 Å². The molecule has 0 bridgehead atoms. The molecular weight excluding hydrogens is 219 g/mol. The van der Waals surface area contributed by atoms with E-state index in [0.29, 0.717) is 5.56 Å². The summed E-state index contributed by atoms with van der Waals surface area (Å²) >= 11 is 0. The molecule has 1 atom stereocenters. The molecule has 0 aliphatic heterocycles. The van der Waals surface area contributed by atoms with Gasteiger partial charge in [0.25, 0.3) is 0 Å². The average Bonchev–Trinajstić information content (AvgIpc) is 2.03. The fourth-order valence-corrected chi connectivity index (χ4v) is 1.01. The van der Waals surface area contributed by atoms with E-state index in [1.54, 1.807) is 18.2 Å². The first-order valence-corrected chi connectivity index (χ1v) is 4.39. The van der Waals surface area contributed by atoms with Crippen molar-refractivity contribution in [1.82, 2.24) is 0 Å². The van der Waals surface area contributed by atoms with Crippen molar-refractivity contribution in [1.29, 1.82) is 0 Å². The monoisotopic (exact) mass is 229 g/mol. The maximum Gasteiger partial charge on any atom is 2.00 e. The molecule has 0 spiro atoms. The summed E-state index contributed by atoms with van der Waals surface area (Å²) in [4.78, 5) is 8.31. The van der Waals surface area contributed by atoms with Crippen LogP contribution in [0.4, 0.5) is 0 Å². The average molecular weight is 229 g/mol. The van der Waals surface area contributed by atoms with Crippen LogP contribution in [0.15, 0.2) is 24.3 Å². The zero-order chi connectivity index (χ0) is 8.97. The van der Waals surface area contributed by atoms with Gasteiger partial charge in [0.15, 0.2) is 0 Å². The predicted octanol–water partition coefficient (Wildman–Crippen LogP) is 1.40. The fraction of sp³-hybridized carbons (Fsp3) is 0.143. The number of rotatable bonds is 3. The van der Waals surface area contributed by atoms with Crippen LogP contribution in [0.25, 0.3) is 0 Å². The van der Waals surface area contributed by atoms with Gasteiger partial charge in [0.05, 0.1) is 0 Å². The summed E-state index contributed by atoms with van der Waals surface area (Å²) < 4.78 is 14.5. The molecule has 0 radical (unpaired) electrons. The van der Waals surface area contributed by atoms with Gasteiger partial charge in [-0.1, -0.05) is 18.2 Å². The Hall–Kier alpha value is 0.300. The third-order valence-corrected chi connectivity index (χ3v) is 1.67. The molecule has 4 nitrogen and oxygen atoms in total. The van der Waals surface area contributed by atoms with Gasteiger partial charge in [0.1, 0.15) is 12.4 Å². The Balaban J connectivity index is -0.000000480. The molecule has 0 aliphatic rings. The second-order valence-corrected chi connectivity index (χ2v) is 2.87. The van der Waals surface area contributed by atoms with Crippen LogP contribution in [0.3, 0.4) is 0 Å². The summed E-state index contributed by atoms with van der Waals surface area (Å²) in [5.74, 6) is 0.0642. The molecule has 68 valence electrons. The third-order valence-electron chi connectivity index (χ3n) is 1.32. The molecule has 0 aliphatic carbocycles. The number of benzene rings is 1. The largest absolute Gasteiger partial charge is 2.00 e. The van der Waals surface area contributed by atoms with Crippen molar-refractivity contribution in [2.24, 2.45) is 0 Å². The van der Waals surface area contributed by atoms with Crippen LogP contribution >= 0.6 is 8.25 Å². The molecule has 2 N–H and O–H groups in total. The molecule has 0 aromatic heterocycles. The van der Waals surface area contributed by atoms with E-state index in [1.807, 2.05) is 0 Å². The summed E-state index contributed by atoms with van der Waals surface area (Å²) in [5.41, 5.74) is 0.495. The second-order valence-electron chi connectivity index (χ2n) is 2.14. The van der Waals surface area contributed by atoms with Gasteiger partial charge in [-0.3, -0.25) is 0 Å². The number of aromatic hydroxyl groups is 1. The van der Waals surface area contributed by atoms with Crippen LogP contribution in [0, 0.1) is 0 Å². The van der Waals surface area contributed by atoms with Gasteiger partial charge in [-0.05, 0) is 6.07 Å². The number of para-hydroxylation sites is 1. The van der Waals surface area contributed by atoms with Crippen molar-refractivity contribution < 1.29 is 21.9 Å². The molecule has 0 saturated carbocycles. The minimum Gasteiger partial charge on any atom is -1.00 e. The first kappa shape index (κ1) is 13.3. The van der Waals surface area contributed by atoms with Crippen molar-refractivity contribution in [3.05, 3.63) is 29.8 Å². The molecule has 0 saturated heterocycles. The molecule has 1 rings (SSSR count). The number of hydrogen-bond donors (Lipinski definition) is 2. The van der Waals surface area contributed by atoms with Gasteiger partial charge >= 0.3 is 46.0 Å². The van der Waals surface area contributed by atoms with E-state index in [-0.39, 0.29) is 52.9 Å². The molecule has 1 aromatic rings. The zero-order valence-corrected chi connectivity index (χ0v) is 9.98. The predicted molar refractivity (Wildman–Crippen MR) is 50.7 cm³/mol. The van der Waals surface area contributed by atoms with Crippen LogP contribution in [0.5, 0.6) is 5.75 Å². The maximum atomic E-state index is 10.1. The van der Waals surface area contributed by atoms with Crippen molar-refractivity contribution in [2.75, 3.05) is 0 Å². The number of hydrogen-bond acceptors (Lipinski definition) is 3. The summed E-state index contributed by atoms with van der Waals surface area (Å²) in [6, 6.07) is 6.48. The molecule has 1 aromatic carbocycles. The number of phenols is 1. The Bertz CT molecular complexity index is 300. The topological polar surface area (TPSA) is 66.8 Å². The summed E-state index contributed by atoms with van der Waals surface area (Å²) in [6.07, 6.45) is 0. The van der Waals surface area contributed by atoms with Crippen molar-refractivity contribution in [3.8, 4) is 5.75 Å². The Labute approximate surface area is 109 Å². The first-order chi connectivity index (χ1) is 5.70. The van der Waals surface area contributed by atoms with Crippen LogP contribution in [0.2, 0.25) is 0 Å². The number of phenolic OH excluding ortho intramolecular Hbond substituents is 1. The van der Waals surface area contributed by atoms with Crippen molar-refractivity contribution in [2.45, 2.75) is 6.61 Å². The van der Waals surface area contributed by atoms with Gasteiger partial charge in [-0.2, -0.15) is 0 Å². The molecule has 0 fully saturated rings. The van der Waals surface area contributed by atoms with Gasteiger partial charge in [0.2, 0.25) is 0 Å². The van der Waals surface area contributed by atoms with Crippen LogP contribution < -0.4 is 0 Å². The van der Waals surface area contributed by atoms with E-state index in [9.17, 15) is 4.57 Å². The zero-order valence-electron chi connectivity index (χ0n) is 8.88. The maximum absolute atomic E-state index is 10.1. The third kappa shape index (κ3) is 4.91. The molecule has 6 heteroatoms. The molecule has 0 heterocycles. The van der Waals surface area contributed by atoms with Gasteiger partial charge in [-0.15, -0.1) is 9.42 Å². The fourth-order valence-electron chi connectivity index (χ4n) is 0.758. The van der Waals surface area contributed by atoms with Gasteiger partial charge < -0.3 is 7.96 Å². The van der Waals surface area contributed by atoms with Crippen LogP contribution in [-0.4, -0.2) is 47.7 Å². The van der Waals surface area contributed by atoms with E-state index >= 15 is 0 Å². The molecule has 1 unspecified atom stereocenters. The van der Waals surface area contributed by atoms with E-state index in [1.165, 1.54) is 6.07 Å². The van der Waals surface area contributed by atoms with E-state index in [4.69, 9.17) is 10.00 Å². The Morgan fingerprint density at radius 1 is 1.46 bits per heavy atom. The first-order valence-electron chi connectivity index (χ1n) is 3.26. The second kappa shape index (κ2) is 6.71. The Kier molecular flexibility index (Phi) is 6.86. The molecular formula is C7H10CaO4P+. The standard InChI is InChI=1S/C7H7O4P.Ca.2H/c8-7-4-2-1-3-6(7)5-11-12(9)10;;;/h1-4H,5H2,(H-,8,9,10);;;/q;+2;2*-1/p+1. The van der Waals surface area contributed by atoms with E-state index < -0.39 is 8.25 Å².